The molecule has 1 aliphatic rings. The Hall–Kier alpha value is -2.08. The first kappa shape index (κ1) is 21.6. The molecule has 0 saturated carbocycles. The molecule has 29 heavy (non-hydrogen) atoms. The van der Waals surface area contributed by atoms with E-state index in [-0.39, 0.29) is 22.7 Å². The van der Waals surface area contributed by atoms with Gasteiger partial charge in [-0.1, -0.05) is 0 Å². The molecule has 5 atom stereocenters. The number of aromatic nitrogens is 4. The Labute approximate surface area is 169 Å². The summed E-state index contributed by atoms with van der Waals surface area (Å²) in [4.78, 5) is 23.6. The summed E-state index contributed by atoms with van der Waals surface area (Å²) < 4.78 is 37.9. The predicted octanol–water partition coefficient (Wildman–Crippen LogP) is -3.34. The van der Waals surface area contributed by atoms with Crippen LogP contribution in [0.25, 0.3) is 11.2 Å². The van der Waals surface area contributed by atoms with Gasteiger partial charge in [-0.15, -0.1) is 0 Å². The normalized spacial score (nSPS) is 25.9. The van der Waals surface area contributed by atoms with Crippen LogP contribution in [-0.4, -0.2) is 80.8 Å². The zero-order valence-electron chi connectivity index (χ0n) is 14.7. The van der Waals surface area contributed by atoms with Crippen LogP contribution in [0.15, 0.2) is 12.7 Å². The summed E-state index contributed by atoms with van der Waals surface area (Å²) in [5, 5.41) is 19.8. The number of aliphatic hydroxyl groups excluding tert-OH is 2. The number of anilines is 1. The third kappa shape index (κ3) is 4.27. The molecule has 1 aliphatic heterocycles. The number of fused-ring (bicyclic) bond motifs is 1. The lowest BCUT2D eigenvalue weighted by Crippen LogP contribution is -2.47. The lowest BCUT2D eigenvalue weighted by atomic mass is 10.1. The van der Waals surface area contributed by atoms with Crippen LogP contribution in [0.3, 0.4) is 0 Å². The lowest BCUT2D eigenvalue weighted by molar-refractivity contribution is -0.120. The summed E-state index contributed by atoms with van der Waals surface area (Å²) in [6, 6.07) is -1.19. The highest BCUT2D eigenvalue weighted by atomic mass is 32.2. The number of hydrogen-bond donors (Lipinski definition) is 6. The minimum atomic E-state index is -4.70. The number of imidazole rings is 1. The fourth-order valence-electron chi connectivity index (χ4n) is 2.70. The largest absolute Gasteiger partial charge is 0.394 e. The van der Waals surface area contributed by atoms with E-state index in [9.17, 15) is 23.4 Å². The fraction of sp³-hybridized carbons (Fsp3) is 0.538. The molecule has 1 fully saturated rings. The van der Waals surface area contributed by atoms with Crippen molar-refractivity contribution in [1.82, 2.24) is 24.2 Å². The molecular formula is C13H19N7O7S2. The third-order valence-electron chi connectivity index (χ3n) is 4.15. The van der Waals surface area contributed by atoms with Gasteiger partial charge in [0, 0.05) is 5.75 Å². The summed E-state index contributed by atoms with van der Waals surface area (Å²) in [6.07, 6.45) is -3.16. The molecule has 0 aromatic carbocycles. The second kappa shape index (κ2) is 8.34. The molecule has 3 rings (SSSR count). The van der Waals surface area contributed by atoms with Gasteiger partial charge in [0.05, 0.1) is 19.0 Å². The molecule has 160 valence electrons. The van der Waals surface area contributed by atoms with Gasteiger partial charge in [-0.25, -0.2) is 23.9 Å². The standard InChI is InChI=1S/C13H19N7O7S2/c14-5(2-28)12(23)19-29(24,25)27-9-8(22)6(1-21)26-13(9)20-4-18-7-10(15)16-3-17-11(7)20/h3-6,8-9,13,21-22,28H,1-2,14H2,(H,19,23)(H2,15,16,17)/t5-,6+,8+,9+,13+/m0/s1. The van der Waals surface area contributed by atoms with Crippen LogP contribution in [0.1, 0.15) is 6.23 Å². The Bertz CT molecular complexity index is 1000. The van der Waals surface area contributed by atoms with E-state index in [2.05, 4.69) is 27.6 Å². The third-order valence-corrected chi connectivity index (χ3v) is 5.47. The van der Waals surface area contributed by atoms with Crippen molar-refractivity contribution in [2.45, 2.75) is 30.6 Å². The van der Waals surface area contributed by atoms with Crippen molar-refractivity contribution in [2.24, 2.45) is 5.73 Å². The second-order valence-corrected chi connectivity index (χ2v) is 7.76. The van der Waals surface area contributed by atoms with E-state index in [0.717, 1.165) is 6.33 Å². The van der Waals surface area contributed by atoms with Crippen LogP contribution >= 0.6 is 12.6 Å². The minimum Gasteiger partial charge on any atom is -0.394 e. The molecule has 0 bridgehead atoms. The highest BCUT2D eigenvalue weighted by Crippen LogP contribution is 2.34. The van der Waals surface area contributed by atoms with Gasteiger partial charge in [-0.05, 0) is 0 Å². The number of nitrogens with zero attached hydrogens (tertiary/aromatic N) is 4. The van der Waals surface area contributed by atoms with Gasteiger partial charge in [-0.3, -0.25) is 9.36 Å². The van der Waals surface area contributed by atoms with Crippen LogP contribution in [0.5, 0.6) is 0 Å². The Morgan fingerprint density at radius 3 is 2.83 bits per heavy atom. The first-order valence-corrected chi connectivity index (χ1v) is 10.2. The first-order chi connectivity index (χ1) is 13.7. The van der Waals surface area contributed by atoms with Gasteiger partial charge in [-0.2, -0.15) is 21.0 Å². The van der Waals surface area contributed by atoms with Crippen LogP contribution in [-0.2, 0) is 24.0 Å². The molecular weight excluding hydrogens is 430 g/mol. The number of rotatable bonds is 7. The fourth-order valence-corrected chi connectivity index (χ4v) is 3.82. The highest BCUT2D eigenvalue weighted by Gasteiger charge is 2.48. The topological polar surface area (TPSA) is 218 Å². The molecule has 0 spiro atoms. The van der Waals surface area contributed by atoms with Crippen molar-refractivity contribution < 1.29 is 32.3 Å². The highest BCUT2D eigenvalue weighted by molar-refractivity contribution is 7.85. The quantitative estimate of drug-likeness (QED) is 0.229. The van der Waals surface area contributed by atoms with Gasteiger partial charge < -0.3 is 26.4 Å². The Morgan fingerprint density at radius 1 is 1.45 bits per heavy atom. The molecule has 1 saturated heterocycles. The average Bonchev–Trinajstić information content (AvgIpc) is 3.23. The van der Waals surface area contributed by atoms with Gasteiger partial charge in [0.15, 0.2) is 23.8 Å². The SMILES string of the molecule is Nc1ncnc2c1ncn2[C@@H]1O[C@H](CO)[C@@H](O)[C@H]1OS(=O)(=O)NC(=O)[C@@H](N)CS. The summed E-state index contributed by atoms with van der Waals surface area (Å²) >= 11 is 3.82. The molecule has 0 aliphatic carbocycles. The van der Waals surface area contributed by atoms with E-state index in [1.165, 1.54) is 10.9 Å². The van der Waals surface area contributed by atoms with Gasteiger partial charge in [0.2, 0.25) is 0 Å². The number of aliphatic hydroxyl groups is 2. The van der Waals surface area contributed by atoms with Gasteiger partial charge >= 0.3 is 10.3 Å². The van der Waals surface area contributed by atoms with E-state index in [1.807, 2.05) is 0 Å². The lowest BCUT2D eigenvalue weighted by Gasteiger charge is -2.22. The van der Waals surface area contributed by atoms with E-state index in [4.69, 9.17) is 20.4 Å². The van der Waals surface area contributed by atoms with E-state index in [1.54, 1.807) is 4.72 Å². The number of carbonyl (C=O) groups excluding carboxylic acids is 1. The van der Waals surface area contributed by atoms with Crippen LogP contribution in [0.2, 0.25) is 0 Å². The van der Waals surface area contributed by atoms with Crippen molar-refractivity contribution in [3.8, 4) is 0 Å². The number of nitrogen functional groups attached to an aromatic ring is 1. The maximum absolute atomic E-state index is 12.3. The molecule has 2 aromatic heterocycles. The molecule has 1 amide bonds. The summed E-state index contributed by atoms with van der Waals surface area (Å²) in [6.45, 7) is -0.627. The van der Waals surface area contributed by atoms with Crippen LogP contribution < -0.4 is 16.2 Å². The van der Waals surface area contributed by atoms with Gasteiger partial charge in [0.1, 0.15) is 24.1 Å². The van der Waals surface area contributed by atoms with Gasteiger partial charge in [0.25, 0.3) is 5.91 Å². The minimum absolute atomic E-state index is 0.0732. The molecule has 0 unspecified atom stereocenters. The molecule has 3 heterocycles. The number of nitrogens with one attached hydrogen (secondary N) is 1. The monoisotopic (exact) mass is 449 g/mol. The molecule has 14 nitrogen and oxygen atoms in total. The number of nitrogens with two attached hydrogens (primary N) is 2. The predicted molar refractivity (Wildman–Crippen MR) is 101 cm³/mol. The Kier molecular flexibility index (Phi) is 6.22. The summed E-state index contributed by atoms with van der Waals surface area (Å²) in [7, 11) is -4.70. The molecule has 7 N–H and O–H groups in total. The number of ether oxygens (including phenoxy) is 1. The molecule has 16 heteroatoms. The zero-order valence-corrected chi connectivity index (χ0v) is 16.4. The zero-order chi connectivity index (χ0) is 21.3. The van der Waals surface area contributed by atoms with Crippen molar-refractivity contribution in [1.29, 1.82) is 0 Å². The number of thiol groups is 1. The summed E-state index contributed by atoms with van der Waals surface area (Å²) in [5.41, 5.74) is 11.6. The van der Waals surface area contributed by atoms with Crippen LogP contribution in [0.4, 0.5) is 5.82 Å². The summed E-state index contributed by atoms with van der Waals surface area (Å²) in [5.74, 6) is -1.07. The Morgan fingerprint density at radius 2 is 2.17 bits per heavy atom. The number of carbonyl (C=O) groups is 1. The van der Waals surface area contributed by atoms with E-state index >= 15 is 0 Å². The molecule has 2 aromatic rings. The smallest absolute Gasteiger partial charge is 0.362 e. The van der Waals surface area contributed by atoms with Crippen molar-refractivity contribution in [3.05, 3.63) is 12.7 Å². The van der Waals surface area contributed by atoms with Crippen molar-refractivity contribution >= 4 is 45.8 Å². The first-order valence-electron chi connectivity index (χ1n) is 8.17. The van der Waals surface area contributed by atoms with Crippen molar-refractivity contribution in [2.75, 3.05) is 18.1 Å². The maximum Gasteiger partial charge on any atom is 0.362 e. The van der Waals surface area contributed by atoms with E-state index < -0.39 is 53.4 Å². The average molecular weight is 449 g/mol. The van der Waals surface area contributed by atoms with Crippen molar-refractivity contribution in [3.63, 3.8) is 0 Å². The molecule has 0 radical (unpaired) electrons. The van der Waals surface area contributed by atoms with Crippen LogP contribution in [0, 0.1) is 0 Å². The Balaban J connectivity index is 1.92. The number of hydrogen-bond acceptors (Lipinski definition) is 13. The second-order valence-electron chi connectivity index (χ2n) is 6.09. The number of amides is 1. The maximum atomic E-state index is 12.3. The van der Waals surface area contributed by atoms with E-state index in [0.29, 0.717) is 0 Å².